The minimum Gasteiger partial charge on any atom is -0.368 e. The van der Waals surface area contributed by atoms with Crippen LogP contribution in [0.5, 0.6) is 0 Å². The first-order chi connectivity index (χ1) is 14.7. The summed E-state index contributed by atoms with van der Waals surface area (Å²) in [5.74, 6) is 1.93. The molecule has 0 radical (unpaired) electrons. The lowest BCUT2D eigenvalue weighted by Gasteiger charge is -2.23. The van der Waals surface area contributed by atoms with Gasteiger partial charge in [-0.2, -0.15) is 0 Å². The third-order valence-electron chi connectivity index (χ3n) is 5.88. The summed E-state index contributed by atoms with van der Waals surface area (Å²) >= 11 is 0. The van der Waals surface area contributed by atoms with E-state index in [1.807, 2.05) is 23.2 Å². The van der Waals surface area contributed by atoms with E-state index in [0.29, 0.717) is 38.2 Å². The monoisotopic (exact) mass is 404 g/mol. The molecule has 1 aliphatic heterocycles. The van der Waals surface area contributed by atoms with E-state index in [4.69, 9.17) is 5.73 Å². The van der Waals surface area contributed by atoms with Gasteiger partial charge >= 0.3 is 0 Å². The molecule has 2 N–H and O–H groups in total. The Kier molecular flexibility index (Phi) is 4.86. The van der Waals surface area contributed by atoms with Crippen molar-refractivity contribution in [1.82, 2.24) is 34.6 Å². The molecule has 2 aliphatic rings. The summed E-state index contributed by atoms with van der Waals surface area (Å²) in [7, 11) is 0. The number of aryl methyl sites for hydroxylation is 1. The highest BCUT2D eigenvalue weighted by atomic mass is 16.2. The van der Waals surface area contributed by atoms with Gasteiger partial charge in [0.1, 0.15) is 17.3 Å². The SMILES string of the molecule is Nc1nc2c(c(C(=O)N3CCc4nnc(Cc5cccnc5)n4CC3)n1)CCCC2. The van der Waals surface area contributed by atoms with Crippen molar-refractivity contribution in [2.75, 3.05) is 18.8 Å². The molecule has 0 bridgehead atoms. The number of amides is 1. The molecule has 0 saturated heterocycles. The van der Waals surface area contributed by atoms with Gasteiger partial charge in [0.15, 0.2) is 0 Å². The van der Waals surface area contributed by atoms with Gasteiger partial charge in [0.2, 0.25) is 5.95 Å². The third kappa shape index (κ3) is 3.51. The molecule has 0 unspecified atom stereocenters. The van der Waals surface area contributed by atoms with Crippen LogP contribution >= 0.6 is 0 Å². The van der Waals surface area contributed by atoms with Crippen LogP contribution < -0.4 is 5.73 Å². The summed E-state index contributed by atoms with van der Waals surface area (Å²) in [5.41, 5.74) is 9.38. The molecule has 30 heavy (non-hydrogen) atoms. The Morgan fingerprint density at radius 2 is 1.97 bits per heavy atom. The van der Waals surface area contributed by atoms with E-state index in [-0.39, 0.29) is 11.9 Å². The fraction of sp³-hybridized carbons (Fsp3) is 0.429. The highest BCUT2D eigenvalue weighted by Gasteiger charge is 2.28. The fourth-order valence-corrected chi connectivity index (χ4v) is 4.34. The number of pyridine rings is 1. The number of nitrogens with zero attached hydrogens (tertiary/aromatic N) is 7. The molecule has 5 rings (SSSR count). The standard InChI is InChI=1S/C21H24N8O/c22-21-24-16-6-2-1-5-15(16)19(25-21)20(30)28-9-7-17-26-27-18(29(17)11-10-28)12-14-4-3-8-23-13-14/h3-4,8,13H,1-2,5-7,9-12H2,(H2,22,24,25). The number of hydrogen-bond donors (Lipinski definition) is 1. The molecule has 154 valence electrons. The van der Waals surface area contributed by atoms with Crippen molar-refractivity contribution in [3.8, 4) is 0 Å². The summed E-state index contributed by atoms with van der Waals surface area (Å²) in [4.78, 5) is 28.1. The Labute approximate surface area is 174 Å². The van der Waals surface area contributed by atoms with Gasteiger partial charge in [0.05, 0.1) is 0 Å². The summed E-state index contributed by atoms with van der Waals surface area (Å²) in [6, 6.07) is 3.95. The predicted octanol–water partition coefficient (Wildman–Crippen LogP) is 1.21. The van der Waals surface area contributed by atoms with Crippen LogP contribution in [0, 0.1) is 0 Å². The van der Waals surface area contributed by atoms with Gasteiger partial charge in [0.25, 0.3) is 5.91 Å². The number of aromatic nitrogens is 6. The van der Waals surface area contributed by atoms with Crippen molar-refractivity contribution in [1.29, 1.82) is 0 Å². The third-order valence-corrected chi connectivity index (χ3v) is 5.88. The molecule has 1 amide bonds. The normalized spacial score (nSPS) is 15.9. The minimum absolute atomic E-state index is 0.0604. The molecule has 3 aromatic heterocycles. The molecular weight excluding hydrogens is 380 g/mol. The minimum atomic E-state index is -0.0604. The van der Waals surface area contributed by atoms with Crippen LogP contribution in [0.2, 0.25) is 0 Å². The van der Waals surface area contributed by atoms with E-state index in [1.54, 1.807) is 6.20 Å². The Morgan fingerprint density at radius 1 is 1.07 bits per heavy atom. The Bertz CT molecular complexity index is 1080. The average molecular weight is 404 g/mol. The Morgan fingerprint density at radius 3 is 2.83 bits per heavy atom. The second kappa shape index (κ2) is 7.81. The van der Waals surface area contributed by atoms with Gasteiger partial charge in [-0.25, -0.2) is 9.97 Å². The van der Waals surface area contributed by atoms with Crippen molar-refractivity contribution >= 4 is 11.9 Å². The van der Waals surface area contributed by atoms with Crippen molar-refractivity contribution in [2.24, 2.45) is 0 Å². The highest BCUT2D eigenvalue weighted by molar-refractivity contribution is 5.94. The predicted molar refractivity (Wildman–Crippen MR) is 110 cm³/mol. The lowest BCUT2D eigenvalue weighted by atomic mass is 9.94. The fourth-order valence-electron chi connectivity index (χ4n) is 4.34. The van der Waals surface area contributed by atoms with Crippen molar-refractivity contribution in [3.05, 3.63) is 58.7 Å². The maximum Gasteiger partial charge on any atom is 0.273 e. The van der Waals surface area contributed by atoms with Gasteiger partial charge in [-0.15, -0.1) is 10.2 Å². The van der Waals surface area contributed by atoms with Gasteiger partial charge in [-0.1, -0.05) is 6.07 Å². The zero-order chi connectivity index (χ0) is 20.5. The number of nitrogen functional groups attached to an aromatic ring is 1. The molecule has 0 spiro atoms. The number of carbonyl (C=O) groups excluding carboxylic acids is 1. The number of anilines is 1. The number of rotatable bonds is 3. The topological polar surface area (TPSA) is 116 Å². The molecule has 0 atom stereocenters. The smallest absolute Gasteiger partial charge is 0.273 e. The molecule has 0 saturated carbocycles. The van der Waals surface area contributed by atoms with E-state index < -0.39 is 0 Å². The maximum atomic E-state index is 13.4. The zero-order valence-electron chi connectivity index (χ0n) is 16.8. The van der Waals surface area contributed by atoms with E-state index in [0.717, 1.165) is 54.2 Å². The summed E-state index contributed by atoms with van der Waals surface area (Å²) in [6.07, 6.45) is 8.77. The van der Waals surface area contributed by atoms with E-state index in [2.05, 4.69) is 29.7 Å². The number of fused-ring (bicyclic) bond motifs is 2. The first-order valence-electron chi connectivity index (χ1n) is 10.4. The van der Waals surface area contributed by atoms with Crippen LogP contribution in [0.15, 0.2) is 24.5 Å². The average Bonchev–Trinajstić information content (AvgIpc) is 3.01. The van der Waals surface area contributed by atoms with Crippen LogP contribution in [-0.4, -0.2) is 53.6 Å². The van der Waals surface area contributed by atoms with Crippen molar-refractivity contribution < 1.29 is 4.79 Å². The number of hydrogen-bond acceptors (Lipinski definition) is 7. The number of carbonyl (C=O) groups is 1. The van der Waals surface area contributed by atoms with E-state index in [9.17, 15) is 4.79 Å². The van der Waals surface area contributed by atoms with Crippen LogP contribution in [-0.2, 0) is 32.2 Å². The quantitative estimate of drug-likeness (QED) is 0.697. The van der Waals surface area contributed by atoms with Crippen LogP contribution in [0.1, 0.15) is 51.8 Å². The molecule has 1 aliphatic carbocycles. The Hall–Kier alpha value is -3.36. The van der Waals surface area contributed by atoms with Gasteiger partial charge in [-0.05, 0) is 37.3 Å². The summed E-state index contributed by atoms with van der Waals surface area (Å²) in [5, 5.41) is 8.75. The second-order valence-corrected chi connectivity index (χ2v) is 7.83. The number of nitrogens with two attached hydrogens (primary N) is 1. The van der Waals surface area contributed by atoms with Crippen LogP contribution in [0.3, 0.4) is 0 Å². The largest absolute Gasteiger partial charge is 0.368 e. The molecule has 0 fully saturated rings. The lowest BCUT2D eigenvalue weighted by molar-refractivity contribution is 0.0751. The molecule has 4 heterocycles. The van der Waals surface area contributed by atoms with E-state index in [1.165, 1.54) is 0 Å². The van der Waals surface area contributed by atoms with Gasteiger partial charge < -0.3 is 15.2 Å². The second-order valence-electron chi connectivity index (χ2n) is 7.83. The van der Waals surface area contributed by atoms with Crippen LogP contribution in [0.25, 0.3) is 0 Å². The zero-order valence-corrected chi connectivity index (χ0v) is 16.8. The molecule has 0 aromatic carbocycles. The van der Waals surface area contributed by atoms with E-state index >= 15 is 0 Å². The van der Waals surface area contributed by atoms with Crippen molar-refractivity contribution in [3.63, 3.8) is 0 Å². The molecule has 9 heteroatoms. The van der Waals surface area contributed by atoms with Gasteiger partial charge in [0, 0.05) is 56.1 Å². The molecule has 9 nitrogen and oxygen atoms in total. The Balaban J connectivity index is 1.36. The molecular formula is C21H24N8O. The first kappa shape index (κ1) is 18.7. The summed E-state index contributed by atoms with van der Waals surface area (Å²) < 4.78 is 2.13. The maximum absolute atomic E-state index is 13.4. The van der Waals surface area contributed by atoms with Crippen molar-refractivity contribution in [2.45, 2.75) is 45.1 Å². The summed E-state index contributed by atoms with van der Waals surface area (Å²) in [6.45, 7) is 1.83. The lowest BCUT2D eigenvalue weighted by Crippen LogP contribution is -2.35. The first-order valence-corrected chi connectivity index (χ1v) is 10.4. The van der Waals surface area contributed by atoms with Crippen LogP contribution in [0.4, 0.5) is 5.95 Å². The highest BCUT2D eigenvalue weighted by Crippen LogP contribution is 2.24. The van der Waals surface area contributed by atoms with Gasteiger partial charge in [-0.3, -0.25) is 9.78 Å². The molecule has 3 aromatic rings.